The first-order chi connectivity index (χ1) is 13.0. The molecule has 0 bridgehead atoms. The summed E-state index contributed by atoms with van der Waals surface area (Å²) in [5, 5.41) is 2.91. The molecule has 144 valence electrons. The van der Waals surface area contributed by atoms with Crippen LogP contribution >= 0.6 is 0 Å². The molecule has 0 fully saturated rings. The van der Waals surface area contributed by atoms with E-state index in [0.29, 0.717) is 23.7 Å². The second kappa shape index (κ2) is 8.18. The number of fused-ring (bicyclic) bond motifs is 1. The van der Waals surface area contributed by atoms with E-state index >= 15 is 0 Å². The molecule has 0 saturated heterocycles. The van der Waals surface area contributed by atoms with Crippen LogP contribution in [-0.2, 0) is 11.3 Å². The fourth-order valence-electron chi connectivity index (χ4n) is 2.81. The second-order valence-corrected chi connectivity index (χ2v) is 6.33. The van der Waals surface area contributed by atoms with Crippen molar-refractivity contribution in [3.05, 3.63) is 42.0 Å². The summed E-state index contributed by atoms with van der Waals surface area (Å²) in [4.78, 5) is 14.7. The molecule has 7 heteroatoms. The Morgan fingerprint density at radius 2 is 1.93 bits per heavy atom. The van der Waals surface area contributed by atoms with Gasteiger partial charge >= 0.3 is 0 Å². The molecule has 0 saturated carbocycles. The molecule has 1 atom stereocenters. The minimum Gasteiger partial charge on any atom is -0.497 e. The molecule has 0 aromatic heterocycles. The lowest BCUT2D eigenvalue weighted by Crippen LogP contribution is -2.39. The van der Waals surface area contributed by atoms with Crippen LogP contribution in [-0.4, -0.2) is 44.9 Å². The predicted molar refractivity (Wildman–Crippen MR) is 102 cm³/mol. The van der Waals surface area contributed by atoms with Gasteiger partial charge < -0.3 is 24.3 Å². The summed E-state index contributed by atoms with van der Waals surface area (Å²) in [6.45, 7) is 2.70. The summed E-state index contributed by atoms with van der Waals surface area (Å²) in [6, 6.07) is 10.7. The molecule has 2 aromatic rings. The SMILES string of the molecule is COc1ccc(OC)c(NC(=O)[C@@H](C)N(C)Cc2ccc3c(c2)OCO3)c1. The maximum absolute atomic E-state index is 12.7. The third kappa shape index (κ3) is 4.25. The van der Waals surface area contributed by atoms with Crippen LogP contribution in [0.25, 0.3) is 0 Å². The Bertz CT molecular complexity index is 824. The third-order valence-electron chi connectivity index (χ3n) is 4.57. The molecular formula is C20H24N2O5. The number of rotatable bonds is 7. The lowest BCUT2D eigenvalue weighted by Gasteiger charge is -2.24. The number of carbonyl (C=O) groups is 1. The van der Waals surface area contributed by atoms with Gasteiger partial charge in [0, 0.05) is 12.6 Å². The first kappa shape index (κ1) is 18.8. The number of benzene rings is 2. The van der Waals surface area contributed by atoms with Gasteiger partial charge in [0.05, 0.1) is 25.9 Å². The molecule has 7 nitrogen and oxygen atoms in total. The fraction of sp³-hybridized carbons (Fsp3) is 0.350. The average molecular weight is 372 g/mol. The van der Waals surface area contributed by atoms with E-state index in [2.05, 4.69) is 5.32 Å². The molecule has 2 aromatic carbocycles. The highest BCUT2D eigenvalue weighted by molar-refractivity contribution is 5.96. The number of ether oxygens (including phenoxy) is 4. The van der Waals surface area contributed by atoms with E-state index in [1.807, 2.05) is 37.1 Å². The smallest absolute Gasteiger partial charge is 0.241 e. The van der Waals surface area contributed by atoms with Crippen LogP contribution in [0.15, 0.2) is 36.4 Å². The molecule has 1 heterocycles. The van der Waals surface area contributed by atoms with Crippen molar-refractivity contribution < 1.29 is 23.7 Å². The summed E-state index contributed by atoms with van der Waals surface area (Å²) in [6.07, 6.45) is 0. The van der Waals surface area contributed by atoms with E-state index in [1.54, 1.807) is 32.4 Å². The van der Waals surface area contributed by atoms with Crippen molar-refractivity contribution in [1.29, 1.82) is 0 Å². The molecule has 1 aliphatic heterocycles. The molecule has 0 spiro atoms. The van der Waals surface area contributed by atoms with Gasteiger partial charge in [0.2, 0.25) is 12.7 Å². The Kier molecular flexibility index (Phi) is 5.71. The van der Waals surface area contributed by atoms with E-state index in [-0.39, 0.29) is 18.7 Å². The third-order valence-corrected chi connectivity index (χ3v) is 4.57. The van der Waals surface area contributed by atoms with Crippen molar-refractivity contribution >= 4 is 11.6 Å². The summed E-state index contributed by atoms with van der Waals surface area (Å²) in [7, 11) is 5.04. The van der Waals surface area contributed by atoms with E-state index in [0.717, 1.165) is 17.1 Å². The molecule has 0 unspecified atom stereocenters. The van der Waals surface area contributed by atoms with Gasteiger partial charge in [-0.3, -0.25) is 9.69 Å². The van der Waals surface area contributed by atoms with Crippen molar-refractivity contribution in [2.45, 2.75) is 19.5 Å². The first-order valence-electron chi connectivity index (χ1n) is 8.63. The van der Waals surface area contributed by atoms with E-state index in [9.17, 15) is 4.79 Å². The highest BCUT2D eigenvalue weighted by atomic mass is 16.7. The number of methoxy groups -OCH3 is 2. The Labute approximate surface area is 158 Å². The van der Waals surface area contributed by atoms with Gasteiger partial charge in [0.15, 0.2) is 11.5 Å². The van der Waals surface area contributed by atoms with E-state index in [4.69, 9.17) is 18.9 Å². The van der Waals surface area contributed by atoms with Crippen molar-refractivity contribution in [3.63, 3.8) is 0 Å². The summed E-state index contributed by atoms with van der Waals surface area (Å²) < 4.78 is 21.3. The number of amides is 1. The number of hydrogen-bond donors (Lipinski definition) is 1. The molecular weight excluding hydrogens is 348 g/mol. The second-order valence-electron chi connectivity index (χ2n) is 6.33. The molecule has 1 N–H and O–H groups in total. The maximum atomic E-state index is 12.7. The van der Waals surface area contributed by atoms with Crippen LogP contribution in [0.5, 0.6) is 23.0 Å². The Balaban J connectivity index is 1.66. The quantitative estimate of drug-likeness (QED) is 0.806. The van der Waals surface area contributed by atoms with Crippen LogP contribution < -0.4 is 24.3 Å². The van der Waals surface area contributed by atoms with Crippen molar-refractivity contribution in [1.82, 2.24) is 4.90 Å². The minimum absolute atomic E-state index is 0.134. The first-order valence-corrected chi connectivity index (χ1v) is 8.63. The lowest BCUT2D eigenvalue weighted by molar-refractivity contribution is -0.120. The molecule has 27 heavy (non-hydrogen) atoms. The zero-order chi connectivity index (χ0) is 19.4. The molecule has 1 aliphatic rings. The molecule has 3 rings (SSSR count). The van der Waals surface area contributed by atoms with Gasteiger partial charge in [-0.1, -0.05) is 6.07 Å². The summed E-state index contributed by atoms with van der Waals surface area (Å²) in [5.41, 5.74) is 1.62. The lowest BCUT2D eigenvalue weighted by atomic mass is 10.1. The topological polar surface area (TPSA) is 69.3 Å². The van der Waals surface area contributed by atoms with Crippen LogP contribution in [0.2, 0.25) is 0 Å². The van der Waals surface area contributed by atoms with Crippen LogP contribution in [0, 0.1) is 0 Å². The average Bonchev–Trinajstić information content (AvgIpc) is 3.15. The largest absolute Gasteiger partial charge is 0.497 e. The highest BCUT2D eigenvalue weighted by Crippen LogP contribution is 2.33. The normalized spacial score (nSPS) is 13.4. The van der Waals surface area contributed by atoms with Gasteiger partial charge in [0.25, 0.3) is 0 Å². The van der Waals surface area contributed by atoms with Crippen LogP contribution in [0.4, 0.5) is 5.69 Å². The standard InChI is InChI=1S/C20H24N2O5/c1-13(20(23)21-16-10-15(24-3)6-8-17(16)25-4)22(2)11-14-5-7-18-19(9-14)27-12-26-18/h5-10,13H,11-12H2,1-4H3,(H,21,23)/t13-/m1/s1. The minimum atomic E-state index is -0.355. The Morgan fingerprint density at radius 3 is 2.67 bits per heavy atom. The zero-order valence-corrected chi connectivity index (χ0v) is 15.9. The maximum Gasteiger partial charge on any atom is 0.241 e. The number of nitrogens with one attached hydrogen (secondary N) is 1. The van der Waals surface area contributed by atoms with Crippen molar-refractivity contribution in [2.75, 3.05) is 33.4 Å². The number of carbonyl (C=O) groups excluding carboxylic acids is 1. The van der Waals surface area contributed by atoms with Crippen molar-refractivity contribution in [2.24, 2.45) is 0 Å². The van der Waals surface area contributed by atoms with Crippen molar-refractivity contribution in [3.8, 4) is 23.0 Å². The van der Waals surface area contributed by atoms with Gasteiger partial charge in [-0.2, -0.15) is 0 Å². The van der Waals surface area contributed by atoms with E-state index in [1.165, 1.54) is 0 Å². The fourth-order valence-corrected chi connectivity index (χ4v) is 2.81. The highest BCUT2D eigenvalue weighted by Gasteiger charge is 2.21. The summed E-state index contributed by atoms with van der Waals surface area (Å²) >= 11 is 0. The summed E-state index contributed by atoms with van der Waals surface area (Å²) in [5.74, 6) is 2.57. The monoisotopic (exact) mass is 372 g/mol. The zero-order valence-electron chi connectivity index (χ0n) is 15.9. The predicted octanol–water partition coefficient (Wildman–Crippen LogP) is 2.89. The molecule has 0 aliphatic carbocycles. The van der Waals surface area contributed by atoms with Gasteiger partial charge in [-0.15, -0.1) is 0 Å². The van der Waals surface area contributed by atoms with Gasteiger partial charge in [0.1, 0.15) is 11.5 Å². The number of hydrogen-bond acceptors (Lipinski definition) is 6. The van der Waals surface area contributed by atoms with Crippen LogP contribution in [0.1, 0.15) is 12.5 Å². The van der Waals surface area contributed by atoms with Crippen LogP contribution in [0.3, 0.4) is 0 Å². The molecule has 0 radical (unpaired) electrons. The Morgan fingerprint density at radius 1 is 1.15 bits per heavy atom. The van der Waals surface area contributed by atoms with Gasteiger partial charge in [-0.05, 0) is 43.8 Å². The number of anilines is 1. The van der Waals surface area contributed by atoms with E-state index < -0.39 is 0 Å². The van der Waals surface area contributed by atoms with Gasteiger partial charge in [-0.25, -0.2) is 0 Å². The molecule has 1 amide bonds. The number of nitrogens with zero attached hydrogens (tertiary/aromatic N) is 1. The Hall–Kier alpha value is -2.93. The number of likely N-dealkylation sites (N-methyl/N-ethyl adjacent to an activating group) is 1.